The molecule has 1 aliphatic carbocycles. The molecule has 71 heavy (non-hydrogen) atoms. The van der Waals surface area contributed by atoms with Crippen LogP contribution in [0.4, 0.5) is 4.79 Å². The lowest BCUT2D eigenvalue weighted by Gasteiger charge is -2.37. The molecule has 8 atom stereocenters. The number of hydrogen-bond acceptors (Lipinski definition) is 11. The molecule has 1 N–H and O–H groups in total. The van der Waals surface area contributed by atoms with E-state index in [1.165, 1.54) is 34.9 Å². The van der Waals surface area contributed by atoms with Crippen molar-refractivity contribution in [3.63, 3.8) is 0 Å². The van der Waals surface area contributed by atoms with Gasteiger partial charge < -0.3 is 39.0 Å². The van der Waals surface area contributed by atoms with Gasteiger partial charge in [-0.05, 0) is 83.9 Å². The fourth-order valence-electron chi connectivity index (χ4n) is 9.53. The van der Waals surface area contributed by atoms with Crippen molar-refractivity contribution in [2.45, 2.75) is 143 Å². The molecule has 2 aromatic carbocycles. The summed E-state index contributed by atoms with van der Waals surface area (Å²) in [5.41, 5.74) is 4.26. The van der Waals surface area contributed by atoms with Crippen molar-refractivity contribution in [1.29, 1.82) is 0 Å². The van der Waals surface area contributed by atoms with Gasteiger partial charge in [0.15, 0.2) is 6.10 Å². The fraction of sp³-hybridized carbons (Fsp3) is 0.582. The predicted molar refractivity (Wildman–Crippen MR) is 274 cm³/mol. The SMILES string of the molecule is C=CCOC(=O)[C@@H](C)[C@@H](CCCC#CBr)OC(=O)[C@H](C(C)C)N(C)C(=O)[C@@H]1CCCN1C(=O)[C@@H](OC(=O)[C@H](C(C)C)N(C)C(=O)[C@@H](NC(=O)OCC1c2ccccc2-c2ccccc21)C(C)C)[C@@H](C)CC. The Morgan fingerprint density at radius 3 is 1.94 bits per heavy atom. The third kappa shape index (κ3) is 14.5. The Kier molecular flexibility index (Phi) is 22.2. The molecule has 2 aromatic rings. The normalized spacial score (nSPS) is 17.0. The second kappa shape index (κ2) is 27.2. The highest BCUT2D eigenvalue weighted by atomic mass is 79.9. The number of alkyl carbamates (subject to hydrolysis) is 1. The average molecular weight is 1050 g/mol. The number of halogens is 1. The highest BCUT2D eigenvalue weighted by Gasteiger charge is 2.46. The number of likely N-dealkylation sites (tertiary alicyclic amines) is 1. The van der Waals surface area contributed by atoms with Gasteiger partial charge in [-0.1, -0.05) is 122 Å². The summed E-state index contributed by atoms with van der Waals surface area (Å²) in [5, 5.41) is 2.75. The number of esters is 3. The molecule has 4 rings (SSSR count). The van der Waals surface area contributed by atoms with Crippen LogP contribution in [-0.2, 0) is 47.7 Å². The number of amides is 4. The maximum atomic E-state index is 14.7. The molecule has 0 radical (unpaired) electrons. The molecule has 2 aliphatic rings. The molecule has 1 heterocycles. The van der Waals surface area contributed by atoms with Crippen LogP contribution in [0.3, 0.4) is 0 Å². The Bertz CT molecular complexity index is 2230. The Balaban J connectivity index is 1.48. The molecular weight excluding hydrogens is 973 g/mol. The molecular formula is C55H75BrN4O11. The van der Waals surface area contributed by atoms with E-state index in [1.807, 2.05) is 55.5 Å². The number of unbranched alkanes of at least 4 members (excludes halogenated alkanes) is 1. The van der Waals surface area contributed by atoms with Crippen molar-refractivity contribution in [1.82, 2.24) is 20.0 Å². The molecule has 0 saturated carbocycles. The van der Waals surface area contributed by atoms with E-state index in [-0.39, 0.29) is 25.7 Å². The van der Waals surface area contributed by atoms with E-state index in [4.69, 9.17) is 18.9 Å². The summed E-state index contributed by atoms with van der Waals surface area (Å²) in [6.45, 7) is 19.7. The molecule has 1 aliphatic heterocycles. The minimum atomic E-state index is -1.31. The quantitative estimate of drug-likeness (QED) is 0.0352. The standard InChI is InChI=1S/C55H75BrN4O11/c1-13-31-68-52(64)37(10)44(28-16-15-21-29-56)70-53(65)46(34(5)6)58(11)49(61)43-27-22-30-60(43)51(63)48(36(9)14-2)71-54(66)47(35(7)8)59(12)50(62)45(33(3)4)57-55(67)69-32-42-40-25-19-17-23-38(40)39-24-18-20-26-41(39)42/h13,17-20,23-26,33-37,42-48H,1,14-16,22,27-28,30-32H2,2-12H3,(H,57,67)/t36-,37-,43-,44+,45-,46-,47-,48-/m0/s1. The van der Waals surface area contributed by atoms with E-state index in [0.29, 0.717) is 38.5 Å². The van der Waals surface area contributed by atoms with Crippen LogP contribution in [0.25, 0.3) is 11.1 Å². The number of fused-ring (bicyclic) bond motifs is 3. The predicted octanol–water partition coefficient (Wildman–Crippen LogP) is 8.27. The number of carbonyl (C=O) groups is 7. The van der Waals surface area contributed by atoms with Crippen molar-refractivity contribution in [3.8, 4) is 21.9 Å². The Hall–Kier alpha value is -5.69. The number of rotatable bonds is 24. The molecule has 388 valence electrons. The van der Waals surface area contributed by atoms with Crippen molar-refractivity contribution in [2.75, 3.05) is 33.9 Å². The lowest BCUT2D eigenvalue weighted by Crippen LogP contribution is -2.58. The summed E-state index contributed by atoms with van der Waals surface area (Å²) in [6, 6.07) is 11.7. The van der Waals surface area contributed by atoms with Gasteiger partial charge in [-0.2, -0.15) is 0 Å². The van der Waals surface area contributed by atoms with Crippen LogP contribution in [0.1, 0.15) is 118 Å². The van der Waals surface area contributed by atoms with Crippen LogP contribution in [0.5, 0.6) is 0 Å². The molecule has 0 unspecified atom stereocenters. The summed E-state index contributed by atoms with van der Waals surface area (Å²) in [5.74, 6) is -3.54. The number of likely N-dealkylation sites (N-methyl/N-ethyl adjacent to an activating group) is 2. The lowest BCUT2D eigenvalue weighted by molar-refractivity contribution is -0.173. The summed E-state index contributed by atoms with van der Waals surface area (Å²) >= 11 is 3.08. The van der Waals surface area contributed by atoms with Crippen LogP contribution in [0, 0.1) is 40.3 Å². The lowest BCUT2D eigenvalue weighted by atomic mass is 9.97. The monoisotopic (exact) mass is 1050 g/mol. The second-order valence-electron chi connectivity index (χ2n) is 19.7. The van der Waals surface area contributed by atoms with Crippen LogP contribution in [0.2, 0.25) is 0 Å². The molecule has 0 bridgehead atoms. The Labute approximate surface area is 429 Å². The van der Waals surface area contributed by atoms with Gasteiger partial charge in [0.1, 0.15) is 43.5 Å². The van der Waals surface area contributed by atoms with Gasteiger partial charge in [0.25, 0.3) is 5.91 Å². The highest BCUT2D eigenvalue weighted by molar-refractivity contribution is 9.12. The Morgan fingerprint density at radius 1 is 0.817 bits per heavy atom. The summed E-state index contributed by atoms with van der Waals surface area (Å²) in [7, 11) is 2.97. The summed E-state index contributed by atoms with van der Waals surface area (Å²) in [6.07, 6.45) is 1.07. The van der Waals surface area contributed by atoms with Crippen molar-refractivity contribution < 1.29 is 52.5 Å². The molecule has 4 amide bonds. The van der Waals surface area contributed by atoms with E-state index in [9.17, 15) is 33.6 Å². The van der Waals surface area contributed by atoms with E-state index in [1.54, 1.807) is 55.4 Å². The maximum absolute atomic E-state index is 14.7. The molecule has 0 aromatic heterocycles. The average Bonchev–Trinajstić information content (AvgIpc) is 3.96. The van der Waals surface area contributed by atoms with Gasteiger partial charge >= 0.3 is 24.0 Å². The Morgan fingerprint density at radius 2 is 1.39 bits per heavy atom. The van der Waals surface area contributed by atoms with E-state index < -0.39 is 108 Å². The van der Waals surface area contributed by atoms with Gasteiger partial charge in [-0.3, -0.25) is 19.2 Å². The summed E-state index contributed by atoms with van der Waals surface area (Å²) in [4.78, 5) is 105. The first-order chi connectivity index (χ1) is 33.7. The zero-order chi connectivity index (χ0) is 52.7. The van der Waals surface area contributed by atoms with Crippen LogP contribution >= 0.6 is 15.9 Å². The maximum Gasteiger partial charge on any atom is 0.407 e. The third-order valence-electron chi connectivity index (χ3n) is 13.7. The molecule has 16 heteroatoms. The second-order valence-corrected chi connectivity index (χ2v) is 20.1. The van der Waals surface area contributed by atoms with E-state index >= 15 is 0 Å². The largest absolute Gasteiger partial charge is 0.461 e. The number of nitrogens with one attached hydrogen (secondary N) is 1. The van der Waals surface area contributed by atoms with Crippen molar-refractivity contribution in [2.24, 2.45) is 29.6 Å². The first-order valence-electron chi connectivity index (χ1n) is 24.9. The fourth-order valence-corrected chi connectivity index (χ4v) is 9.73. The highest BCUT2D eigenvalue weighted by Crippen LogP contribution is 2.44. The molecule has 1 saturated heterocycles. The number of hydrogen-bond donors (Lipinski definition) is 1. The third-order valence-corrected chi connectivity index (χ3v) is 14.0. The number of nitrogens with zero attached hydrogens (tertiary/aromatic N) is 3. The minimum Gasteiger partial charge on any atom is -0.461 e. The van der Waals surface area contributed by atoms with Gasteiger partial charge in [-0.25, -0.2) is 14.4 Å². The van der Waals surface area contributed by atoms with Gasteiger partial charge in [-0.15, -0.1) is 0 Å². The van der Waals surface area contributed by atoms with Gasteiger partial charge in [0.05, 0.1) is 5.92 Å². The van der Waals surface area contributed by atoms with E-state index in [2.05, 4.69) is 38.6 Å². The van der Waals surface area contributed by atoms with E-state index in [0.717, 1.165) is 22.3 Å². The van der Waals surface area contributed by atoms with Gasteiger partial charge in [0, 0.05) is 54.8 Å². The van der Waals surface area contributed by atoms with Gasteiger partial charge in [0.2, 0.25) is 11.8 Å². The zero-order valence-electron chi connectivity index (χ0n) is 43.4. The van der Waals surface area contributed by atoms with Crippen molar-refractivity contribution >= 4 is 57.7 Å². The number of benzene rings is 2. The van der Waals surface area contributed by atoms with Crippen LogP contribution in [0.15, 0.2) is 61.2 Å². The molecule has 15 nitrogen and oxygen atoms in total. The zero-order valence-corrected chi connectivity index (χ0v) is 45.0. The minimum absolute atomic E-state index is 0.00254. The first kappa shape index (κ1) is 57.9. The molecule has 0 spiro atoms. The smallest absolute Gasteiger partial charge is 0.407 e. The topological polar surface area (TPSA) is 178 Å². The summed E-state index contributed by atoms with van der Waals surface area (Å²) < 4.78 is 23.2. The molecule has 1 fully saturated rings. The van der Waals surface area contributed by atoms with Crippen molar-refractivity contribution in [3.05, 3.63) is 72.3 Å². The van der Waals surface area contributed by atoms with Crippen LogP contribution < -0.4 is 5.32 Å². The first-order valence-corrected chi connectivity index (χ1v) is 25.7. The van der Waals surface area contributed by atoms with Crippen LogP contribution in [-0.4, -0.2) is 127 Å². The number of carbonyl (C=O) groups excluding carboxylic acids is 7. The number of ether oxygens (including phenoxy) is 4.